The molecule has 1 aromatic rings. The number of halogens is 1. The van der Waals surface area contributed by atoms with Crippen LogP contribution in [-0.2, 0) is 0 Å². The summed E-state index contributed by atoms with van der Waals surface area (Å²) in [6.45, 7) is 0.638. The number of amides is 1. The van der Waals surface area contributed by atoms with Crippen molar-refractivity contribution < 1.29 is 9.72 Å². The Labute approximate surface area is 113 Å². The number of unbranched alkanes of at least 4 members (excludes halogenated alkanes) is 1. The molecule has 0 saturated carbocycles. The van der Waals surface area contributed by atoms with E-state index in [-0.39, 0.29) is 11.6 Å². The molecular formula is C11H13IN2O3. The van der Waals surface area contributed by atoms with Gasteiger partial charge in [0.15, 0.2) is 0 Å². The monoisotopic (exact) mass is 348 g/mol. The lowest BCUT2D eigenvalue weighted by Crippen LogP contribution is -2.24. The summed E-state index contributed by atoms with van der Waals surface area (Å²) in [6, 6.07) is 5.59. The second-order valence-electron chi connectivity index (χ2n) is 3.46. The van der Waals surface area contributed by atoms with Crippen molar-refractivity contribution in [3.63, 3.8) is 0 Å². The fourth-order valence-corrected chi connectivity index (χ4v) is 1.80. The van der Waals surface area contributed by atoms with E-state index in [1.807, 2.05) is 0 Å². The summed E-state index contributed by atoms with van der Waals surface area (Å²) in [4.78, 5) is 21.6. The first kappa shape index (κ1) is 13.9. The van der Waals surface area contributed by atoms with Crippen molar-refractivity contribution in [1.29, 1.82) is 0 Å². The number of nitrogens with zero attached hydrogens (tertiary/aromatic N) is 1. The fourth-order valence-electron chi connectivity index (χ4n) is 1.26. The molecule has 0 aliphatic carbocycles. The molecular weight excluding hydrogens is 335 g/mol. The molecule has 0 fully saturated rings. The molecule has 0 aliphatic rings. The molecule has 0 aromatic heterocycles. The van der Waals surface area contributed by atoms with Crippen molar-refractivity contribution in [3.8, 4) is 0 Å². The Morgan fingerprint density at radius 3 is 2.47 bits per heavy atom. The van der Waals surface area contributed by atoms with Gasteiger partial charge in [0.2, 0.25) is 0 Å². The Hall–Kier alpha value is -1.18. The van der Waals surface area contributed by atoms with Crippen LogP contribution in [0.4, 0.5) is 5.69 Å². The average Bonchev–Trinajstić information content (AvgIpc) is 2.34. The highest BCUT2D eigenvalue weighted by molar-refractivity contribution is 14.1. The van der Waals surface area contributed by atoms with E-state index in [1.165, 1.54) is 24.3 Å². The second-order valence-corrected chi connectivity index (χ2v) is 4.53. The Kier molecular flexibility index (Phi) is 5.88. The molecule has 17 heavy (non-hydrogen) atoms. The van der Waals surface area contributed by atoms with Crippen LogP contribution in [0.1, 0.15) is 23.2 Å². The lowest BCUT2D eigenvalue weighted by atomic mass is 10.2. The van der Waals surface area contributed by atoms with Crippen molar-refractivity contribution in [3.05, 3.63) is 39.9 Å². The number of hydrogen-bond donors (Lipinski definition) is 1. The van der Waals surface area contributed by atoms with Gasteiger partial charge in [0.25, 0.3) is 11.6 Å². The van der Waals surface area contributed by atoms with Crippen LogP contribution in [0.2, 0.25) is 0 Å². The number of benzene rings is 1. The topological polar surface area (TPSA) is 72.2 Å². The molecule has 92 valence electrons. The minimum Gasteiger partial charge on any atom is -0.352 e. The van der Waals surface area contributed by atoms with Gasteiger partial charge in [-0.05, 0) is 29.4 Å². The predicted molar refractivity (Wildman–Crippen MR) is 73.6 cm³/mol. The number of carbonyl (C=O) groups excluding carboxylic acids is 1. The van der Waals surface area contributed by atoms with E-state index >= 15 is 0 Å². The zero-order valence-electron chi connectivity index (χ0n) is 9.19. The molecule has 0 bridgehead atoms. The van der Waals surface area contributed by atoms with Crippen LogP contribution in [-0.4, -0.2) is 21.8 Å². The third-order valence-corrected chi connectivity index (χ3v) is 2.95. The van der Waals surface area contributed by atoms with Gasteiger partial charge in [0.05, 0.1) is 4.92 Å². The Morgan fingerprint density at radius 1 is 1.29 bits per heavy atom. The quantitative estimate of drug-likeness (QED) is 0.282. The lowest BCUT2D eigenvalue weighted by molar-refractivity contribution is -0.384. The maximum absolute atomic E-state index is 11.6. The minimum absolute atomic E-state index is 0.00791. The number of nitro benzene ring substituents is 1. The van der Waals surface area contributed by atoms with Crippen molar-refractivity contribution in [2.75, 3.05) is 11.0 Å². The number of nitrogens with one attached hydrogen (secondary N) is 1. The summed E-state index contributed by atoms with van der Waals surface area (Å²) in [6.07, 6.45) is 2.02. The SMILES string of the molecule is O=C(NCCCCI)c1ccc([N+](=O)[O-])cc1. The molecule has 5 nitrogen and oxygen atoms in total. The van der Waals surface area contributed by atoms with Crippen molar-refractivity contribution in [2.24, 2.45) is 0 Å². The highest BCUT2D eigenvalue weighted by Crippen LogP contribution is 2.11. The van der Waals surface area contributed by atoms with E-state index < -0.39 is 4.92 Å². The van der Waals surface area contributed by atoms with Crippen LogP contribution in [0.3, 0.4) is 0 Å². The van der Waals surface area contributed by atoms with Gasteiger partial charge in [-0.25, -0.2) is 0 Å². The maximum Gasteiger partial charge on any atom is 0.269 e. The van der Waals surface area contributed by atoms with Crippen LogP contribution in [0.25, 0.3) is 0 Å². The third-order valence-electron chi connectivity index (χ3n) is 2.19. The van der Waals surface area contributed by atoms with Gasteiger partial charge in [0.1, 0.15) is 0 Å². The molecule has 1 rings (SSSR count). The fraction of sp³-hybridized carbons (Fsp3) is 0.364. The van der Waals surface area contributed by atoms with Gasteiger partial charge < -0.3 is 5.32 Å². The Morgan fingerprint density at radius 2 is 1.94 bits per heavy atom. The Bertz CT molecular complexity index is 392. The standard InChI is InChI=1S/C11H13IN2O3/c12-7-1-2-8-13-11(15)9-3-5-10(6-4-9)14(16)17/h3-6H,1-2,7-8H2,(H,13,15). The largest absolute Gasteiger partial charge is 0.352 e. The van der Waals surface area contributed by atoms with Crippen molar-refractivity contribution >= 4 is 34.2 Å². The molecule has 6 heteroatoms. The molecule has 1 aromatic carbocycles. The van der Waals surface area contributed by atoms with E-state index in [4.69, 9.17) is 0 Å². The average molecular weight is 348 g/mol. The van der Waals surface area contributed by atoms with E-state index in [2.05, 4.69) is 27.9 Å². The number of carbonyl (C=O) groups is 1. The Balaban J connectivity index is 2.49. The van der Waals surface area contributed by atoms with Gasteiger partial charge >= 0.3 is 0 Å². The number of non-ortho nitro benzene ring substituents is 1. The first-order chi connectivity index (χ1) is 8.15. The van der Waals surface area contributed by atoms with Crippen LogP contribution >= 0.6 is 22.6 Å². The van der Waals surface area contributed by atoms with E-state index in [0.29, 0.717) is 12.1 Å². The summed E-state index contributed by atoms with van der Waals surface area (Å²) in [7, 11) is 0. The molecule has 0 spiro atoms. The summed E-state index contributed by atoms with van der Waals surface area (Å²) in [5.41, 5.74) is 0.441. The van der Waals surface area contributed by atoms with Crippen LogP contribution in [0.5, 0.6) is 0 Å². The molecule has 0 radical (unpaired) electrons. The van der Waals surface area contributed by atoms with Crippen LogP contribution in [0.15, 0.2) is 24.3 Å². The molecule has 0 aliphatic heterocycles. The van der Waals surface area contributed by atoms with Crippen molar-refractivity contribution in [2.45, 2.75) is 12.8 Å². The number of rotatable bonds is 6. The minimum atomic E-state index is -0.484. The van der Waals surface area contributed by atoms with Gasteiger partial charge in [-0.1, -0.05) is 22.6 Å². The summed E-state index contributed by atoms with van der Waals surface area (Å²) >= 11 is 2.29. The maximum atomic E-state index is 11.6. The van der Waals surface area contributed by atoms with Gasteiger partial charge in [-0.3, -0.25) is 14.9 Å². The molecule has 0 saturated heterocycles. The smallest absolute Gasteiger partial charge is 0.269 e. The number of nitro groups is 1. The zero-order chi connectivity index (χ0) is 12.7. The second kappa shape index (κ2) is 7.21. The molecule has 0 heterocycles. The molecule has 1 N–H and O–H groups in total. The predicted octanol–water partition coefficient (Wildman–Crippen LogP) is 2.54. The first-order valence-corrected chi connectivity index (χ1v) is 6.76. The van der Waals surface area contributed by atoms with Gasteiger partial charge in [-0.15, -0.1) is 0 Å². The van der Waals surface area contributed by atoms with Gasteiger partial charge in [-0.2, -0.15) is 0 Å². The summed E-state index contributed by atoms with van der Waals surface area (Å²) in [5.74, 6) is -0.187. The lowest BCUT2D eigenvalue weighted by Gasteiger charge is -2.04. The highest BCUT2D eigenvalue weighted by atomic mass is 127. The molecule has 1 amide bonds. The molecule has 0 atom stereocenters. The van der Waals surface area contributed by atoms with Crippen LogP contribution < -0.4 is 5.32 Å². The van der Waals surface area contributed by atoms with Gasteiger partial charge in [0, 0.05) is 24.2 Å². The van der Waals surface area contributed by atoms with Crippen LogP contribution in [0, 0.1) is 10.1 Å². The normalized spacial score (nSPS) is 9.94. The zero-order valence-corrected chi connectivity index (χ0v) is 11.3. The van der Waals surface area contributed by atoms with E-state index in [0.717, 1.165) is 17.3 Å². The third kappa shape index (κ3) is 4.68. The molecule has 0 unspecified atom stereocenters. The number of alkyl halides is 1. The van der Waals surface area contributed by atoms with Crippen molar-refractivity contribution in [1.82, 2.24) is 5.32 Å². The first-order valence-electron chi connectivity index (χ1n) is 5.24. The highest BCUT2D eigenvalue weighted by Gasteiger charge is 2.08. The van der Waals surface area contributed by atoms with E-state index in [9.17, 15) is 14.9 Å². The van der Waals surface area contributed by atoms with E-state index in [1.54, 1.807) is 0 Å². The summed E-state index contributed by atoms with van der Waals surface area (Å²) in [5, 5.41) is 13.2. The summed E-state index contributed by atoms with van der Waals surface area (Å²) < 4.78 is 1.07. The number of hydrogen-bond acceptors (Lipinski definition) is 3.